The molecule has 148 valence electrons. The number of phenolic OH excluding ortho intramolecular Hbond substituents is 1. The van der Waals surface area contributed by atoms with Crippen molar-refractivity contribution in [3.05, 3.63) is 36.4 Å². The molecule has 4 N–H and O–H groups in total. The Balaban J connectivity index is 1.58. The molecule has 0 aliphatic carbocycles. The molecule has 1 unspecified atom stereocenters. The molecule has 1 fully saturated rings. The number of nitrogens with zero attached hydrogens (tertiary/aromatic N) is 4. The Kier molecular flexibility index (Phi) is 4.99. The van der Waals surface area contributed by atoms with E-state index in [9.17, 15) is 15.3 Å². The second kappa shape index (κ2) is 7.58. The molecule has 3 aromatic rings. The fourth-order valence-corrected chi connectivity index (χ4v) is 3.32. The molecule has 0 saturated carbocycles. The molecule has 0 spiro atoms. The van der Waals surface area contributed by atoms with Crippen LogP contribution in [-0.4, -0.2) is 60.8 Å². The van der Waals surface area contributed by atoms with Crippen LogP contribution in [0, 0.1) is 0 Å². The second-order valence-electron chi connectivity index (χ2n) is 6.51. The molecule has 3 atom stereocenters. The summed E-state index contributed by atoms with van der Waals surface area (Å²) in [5, 5.41) is 32.2. The lowest BCUT2D eigenvalue weighted by Gasteiger charge is -2.14. The molecule has 0 radical (unpaired) electrons. The Bertz CT molecular complexity index is 978. The second-order valence-corrected chi connectivity index (χ2v) is 6.51. The molecule has 0 amide bonds. The number of rotatable bonds is 6. The summed E-state index contributed by atoms with van der Waals surface area (Å²) < 4.78 is 12.7. The number of nitrogens with one attached hydrogen (secondary N) is 1. The van der Waals surface area contributed by atoms with E-state index in [0.717, 1.165) is 5.56 Å². The van der Waals surface area contributed by atoms with Gasteiger partial charge < -0.3 is 30.1 Å². The maximum atomic E-state index is 9.97. The van der Waals surface area contributed by atoms with E-state index in [1.54, 1.807) is 36.2 Å². The van der Waals surface area contributed by atoms with E-state index in [4.69, 9.17) is 9.47 Å². The van der Waals surface area contributed by atoms with Gasteiger partial charge in [0, 0.05) is 18.5 Å². The monoisotopic (exact) mass is 387 g/mol. The lowest BCUT2D eigenvalue weighted by Crippen LogP contribution is -2.24. The molecule has 1 aromatic carbocycles. The Morgan fingerprint density at radius 1 is 1.32 bits per heavy atom. The summed E-state index contributed by atoms with van der Waals surface area (Å²) >= 11 is 0. The highest BCUT2D eigenvalue weighted by Gasteiger charge is 2.35. The molecule has 4 rings (SSSR count). The normalized spacial score (nSPS) is 21.9. The van der Waals surface area contributed by atoms with Crippen LogP contribution in [0.15, 0.2) is 30.9 Å². The summed E-state index contributed by atoms with van der Waals surface area (Å²) in [6.45, 7) is 0.111. The van der Waals surface area contributed by atoms with Crippen LogP contribution in [0.2, 0.25) is 0 Å². The fraction of sp³-hybridized carbons (Fsp3) is 0.389. The predicted molar refractivity (Wildman–Crippen MR) is 98.9 cm³/mol. The van der Waals surface area contributed by atoms with Gasteiger partial charge in [0.2, 0.25) is 0 Å². The summed E-state index contributed by atoms with van der Waals surface area (Å²) in [7, 11) is 1.57. The molecule has 2 aromatic heterocycles. The number of anilines is 1. The third-order valence-electron chi connectivity index (χ3n) is 4.76. The average Bonchev–Trinajstić information content (AvgIpc) is 3.29. The zero-order valence-electron chi connectivity index (χ0n) is 15.2. The van der Waals surface area contributed by atoms with Crippen LogP contribution in [0.5, 0.6) is 11.5 Å². The molecular formula is C18H21N5O5. The molecule has 1 saturated heterocycles. The van der Waals surface area contributed by atoms with E-state index >= 15 is 0 Å². The van der Waals surface area contributed by atoms with Gasteiger partial charge in [0.1, 0.15) is 30.2 Å². The molecule has 0 bridgehead atoms. The molecule has 10 heteroatoms. The SMILES string of the molecule is COc1ccc(O)cc1CNc1ncnc2c1ncn2C1C[C@H](O)[C@@H](CO)O1. The van der Waals surface area contributed by atoms with Crippen molar-refractivity contribution in [2.24, 2.45) is 0 Å². The Morgan fingerprint density at radius 3 is 2.93 bits per heavy atom. The quantitative estimate of drug-likeness (QED) is 0.484. The van der Waals surface area contributed by atoms with Crippen LogP contribution in [0.3, 0.4) is 0 Å². The number of fused-ring (bicyclic) bond motifs is 1. The number of hydrogen-bond acceptors (Lipinski definition) is 9. The van der Waals surface area contributed by atoms with Crippen molar-refractivity contribution in [1.82, 2.24) is 19.5 Å². The molecule has 1 aliphatic heterocycles. The van der Waals surface area contributed by atoms with Crippen molar-refractivity contribution >= 4 is 17.0 Å². The molecular weight excluding hydrogens is 366 g/mol. The van der Waals surface area contributed by atoms with Crippen LogP contribution in [0.25, 0.3) is 11.2 Å². The minimum absolute atomic E-state index is 0.144. The van der Waals surface area contributed by atoms with E-state index < -0.39 is 18.4 Å². The first-order chi connectivity index (χ1) is 13.6. The summed E-state index contributed by atoms with van der Waals surface area (Å²) in [4.78, 5) is 12.9. The Hall–Kier alpha value is -2.95. The maximum Gasteiger partial charge on any atom is 0.167 e. The molecule has 28 heavy (non-hydrogen) atoms. The number of hydrogen-bond donors (Lipinski definition) is 4. The zero-order valence-corrected chi connectivity index (χ0v) is 15.2. The molecule has 10 nitrogen and oxygen atoms in total. The number of phenols is 1. The number of aromatic nitrogens is 4. The van der Waals surface area contributed by atoms with E-state index in [2.05, 4.69) is 20.3 Å². The highest BCUT2D eigenvalue weighted by Crippen LogP contribution is 2.32. The van der Waals surface area contributed by atoms with Crippen LogP contribution in [0.1, 0.15) is 18.2 Å². The number of benzene rings is 1. The van der Waals surface area contributed by atoms with Crippen LogP contribution < -0.4 is 10.1 Å². The van der Waals surface area contributed by atoms with Gasteiger partial charge in [-0.2, -0.15) is 0 Å². The van der Waals surface area contributed by atoms with Crippen LogP contribution >= 0.6 is 0 Å². The number of aromatic hydroxyl groups is 1. The summed E-state index contributed by atoms with van der Waals surface area (Å²) in [6, 6.07) is 4.87. The number of aliphatic hydroxyl groups excluding tert-OH is 2. The van der Waals surface area contributed by atoms with Crippen molar-refractivity contribution in [1.29, 1.82) is 0 Å². The lowest BCUT2D eigenvalue weighted by molar-refractivity contribution is -0.0432. The van der Waals surface area contributed by atoms with E-state index in [-0.39, 0.29) is 12.4 Å². The highest BCUT2D eigenvalue weighted by atomic mass is 16.5. The summed E-state index contributed by atoms with van der Waals surface area (Å²) in [5.41, 5.74) is 1.87. The van der Waals surface area contributed by atoms with Gasteiger partial charge in [0.25, 0.3) is 0 Å². The fourth-order valence-electron chi connectivity index (χ4n) is 3.32. The third kappa shape index (κ3) is 3.33. The van der Waals surface area contributed by atoms with Crippen molar-refractivity contribution in [2.75, 3.05) is 19.0 Å². The van der Waals surface area contributed by atoms with Gasteiger partial charge >= 0.3 is 0 Å². The van der Waals surface area contributed by atoms with Crippen molar-refractivity contribution in [3.8, 4) is 11.5 Å². The van der Waals surface area contributed by atoms with E-state index in [1.165, 1.54) is 6.33 Å². The first-order valence-corrected chi connectivity index (χ1v) is 8.82. The van der Waals surface area contributed by atoms with Crippen molar-refractivity contribution in [2.45, 2.75) is 31.4 Å². The van der Waals surface area contributed by atoms with Gasteiger partial charge in [-0.3, -0.25) is 4.57 Å². The van der Waals surface area contributed by atoms with Gasteiger partial charge in [0.05, 0.1) is 26.1 Å². The minimum atomic E-state index is -0.745. The first kappa shape index (κ1) is 18.4. The number of ether oxygens (including phenoxy) is 2. The minimum Gasteiger partial charge on any atom is -0.508 e. The van der Waals surface area contributed by atoms with Crippen molar-refractivity contribution in [3.63, 3.8) is 0 Å². The van der Waals surface area contributed by atoms with Crippen LogP contribution in [-0.2, 0) is 11.3 Å². The number of methoxy groups -OCH3 is 1. The van der Waals surface area contributed by atoms with Crippen molar-refractivity contribution < 1.29 is 24.8 Å². The van der Waals surface area contributed by atoms with Gasteiger partial charge in [-0.05, 0) is 18.2 Å². The average molecular weight is 387 g/mol. The summed E-state index contributed by atoms with van der Waals surface area (Å²) in [5.74, 6) is 1.31. The van der Waals surface area contributed by atoms with Crippen LogP contribution in [0.4, 0.5) is 5.82 Å². The predicted octanol–water partition coefficient (Wildman–Crippen LogP) is 0.793. The standard InChI is InChI=1S/C18H21N5O5/c1-27-13-3-2-11(25)4-10(13)6-19-17-16-18(21-8-20-17)23(9-22-16)15-5-12(26)14(7-24)28-15/h2-4,8-9,12,14-15,24-26H,5-7H2,1H3,(H,19,20,21)/t12-,14+,15?/m0/s1. The maximum absolute atomic E-state index is 9.97. The third-order valence-corrected chi connectivity index (χ3v) is 4.76. The van der Waals surface area contributed by atoms with Gasteiger partial charge in [-0.25, -0.2) is 15.0 Å². The van der Waals surface area contributed by atoms with Gasteiger partial charge in [-0.1, -0.05) is 0 Å². The first-order valence-electron chi connectivity index (χ1n) is 8.82. The number of aliphatic hydroxyl groups is 2. The molecule has 1 aliphatic rings. The van der Waals surface area contributed by atoms with E-state index in [1.807, 2.05) is 0 Å². The highest BCUT2D eigenvalue weighted by molar-refractivity contribution is 5.82. The molecule has 3 heterocycles. The Labute approximate surface area is 160 Å². The van der Waals surface area contributed by atoms with E-state index in [0.29, 0.717) is 35.7 Å². The van der Waals surface area contributed by atoms with Gasteiger partial charge in [-0.15, -0.1) is 0 Å². The smallest absolute Gasteiger partial charge is 0.167 e. The summed E-state index contributed by atoms with van der Waals surface area (Å²) in [6.07, 6.45) is 1.49. The number of imidazole rings is 1. The van der Waals surface area contributed by atoms with Gasteiger partial charge in [0.15, 0.2) is 17.0 Å². The topological polar surface area (TPSA) is 135 Å². The zero-order chi connectivity index (χ0) is 19.7. The largest absolute Gasteiger partial charge is 0.508 e. The lowest BCUT2D eigenvalue weighted by atomic mass is 10.2. The Morgan fingerprint density at radius 2 is 2.18 bits per heavy atom.